The second-order valence-electron chi connectivity index (χ2n) is 7.03. The van der Waals surface area contributed by atoms with Gasteiger partial charge in [0.1, 0.15) is 6.61 Å². The van der Waals surface area contributed by atoms with Crippen LogP contribution in [0.1, 0.15) is 11.1 Å². The Bertz CT molecular complexity index is 1210. The third kappa shape index (κ3) is 4.99. The van der Waals surface area contributed by atoms with Crippen LogP contribution in [0.5, 0.6) is 0 Å². The SMILES string of the molecule is O=C(/C=C/c1cccc2cccnc12)OCc1cccc(S(=O)(=O)N2CCOCC2)c1. The van der Waals surface area contributed by atoms with E-state index in [1.54, 1.807) is 30.5 Å². The Kier molecular flexibility index (Phi) is 6.41. The zero-order valence-corrected chi connectivity index (χ0v) is 17.6. The molecular formula is C23H22N2O5S. The van der Waals surface area contributed by atoms with Gasteiger partial charge in [-0.3, -0.25) is 4.98 Å². The van der Waals surface area contributed by atoms with Gasteiger partial charge in [-0.25, -0.2) is 13.2 Å². The zero-order valence-electron chi connectivity index (χ0n) is 16.8. The van der Waals surface area contributed by atoms with Gasteiger partial charge in [-0.15, -0.1) is 0 Å². The van der Waals surface area contributed by atoms with Crippen molar-refractivity contribution in [2.45, 2.75) is 11.5 Å². The van der Waals surface area contributed by atoms with Crippen LogP contribution in [-0.2, 0) is 30.9 Å². The monoisotopic (exact) mass is 438 g/mol. The molecule has 2 heterocycles. The number of morpholine rings is 1. The molecule has 1 fully saturated rings. The molecule has 4 rings (SSSR count). The predicted molar refractivity (Wildman–Crippen MR) is 117 cm³/mol. The maximum atomic E-state index is 12.8. The highest BCUT2D eigenvalue weighted by Crippen LogP contribution is 2.19. The van der Waals surface area contributed by atoms with Crippen molar-refractivity contribution in [3.05, 3.63) is 78.0 Å². The normalized spacial score (nSPS) is 15.4. The van der Waals surface area contributed by atoms with Crippen LogP contribution in [-0.4, -0.2) is 50.0 Å². The second-order valence-corrected chi connectivity index (χ2v) is 8.97. The number of carbonyl (C=O) groups excluding carboxylic acids is 1. The van der Waals surface area contributed by atoms with Crippen molar-refractivity contribution in [1.29, 1.82) is 0 Å². The molecule has 0 atom stereocenters. The summed E-state index contributed by atoms with van der Waals surface area (Å²) in [5, 5.41) is 0.983. The van der Waals surface area contributed by atoms with Crippen molar-refractivity contribution < 1.29 is 22.7 Å². The van der Waals surface area contributed by atoms with E-state index in [-0.39, 0.29) is 11.5 Å². The predicted octanol–water partition coefficient (Wildman–Crippen LogP) is 3.01. The molecule has 0 radical (unpaired) electrons. The van der Waals surface area contributed by atoms with E-state index in [4.69, 9.17) is 9.47 Å². The van der Waals surface area contributed by atoms with Crippen LogP contribution in [0.4, 0.5) is 0 Å². The minimum absolute atomic E-state index is 0.0244. The van der Waals surface area contributed by atoms with E-state index in [1.807, 2.05) is 30.3 Å². The smallest absolute Gasteiger partial charge is 0.331 e. The Balaban J connectivity index is 1.41. The minimum Gasteiger partial charge on any atom is -0.458 e. The molecule has 0 aliphatic carbocycles. The van der Waals surface area contributed by atoms with E-state index in [1.165, 1.54) is 16.4 Å². The first-order valence-corrected chi connectivity index (χ1v) is 11.3. The summed E-state index contributed by atoms with van der Waals surface area (Å²) < 4.78 is 37.5. The number of rotatable bonds is 6. The third-order valence-corrected chi connectivity index (χ3v) is 6.84. The topological polar surface area (TPSA) is 85.8 Å². The molecule has 0 spiro atoms. The lowest BCUT2D eigenvalue weighted by Crippen LogP contribution is -2.40. The number of pyridine rings is 1. The summed E-state index contributed by atoms with van der Waals surface area (Å²) >= 11 is 0. The van der Waals surface area contributed by atoms with Crippen LogP contribution < -0.4 is 0 Å². The Hall–Kier alpha value is -3.07. The summed E-state index contributed by atoms with van der Waals surface area (Å²) in [6.45, 7) is 1.40. The number of sulfonamides is 1. The van der Waals surface area contributed by atoms with Gasteiger partial charge in [-0.1, -0.05) is 36.4 Å². The first-order valence-electron chi connectivity index (χ1n) is 9.89. The molecule has 7 nitrogen and oxygen atoms in total. The van der Waals surface area contributed by atoms with Gasteiger partial charge in [0, 0.05) is 36.3 Å². The number of ether oxygens (including phenoxy) is 2. The quantitative estimate of drug-likeness (QED) is 0.434. The van der Waals surface area contributed by atoms with E-state index in [0.29, 0.717) is 31.9 Å². The second kappa shape index (κ2) is 9.38. The first-order chi connectivity index (χ1) is 15.0. The lowest BCUT2D eigenvalue weighted by Gasteiger charge is -2.26. The molecule has 0 N–H and O–H groups in total. The summed E-state index contributed by atoms with van der Waals surface area (Å²) in [6.07, 6.45) is 4.71. The number of fused-ring (bicyclic) bond motifs is 1. The molecule has 0 unspecified atom stereocenters. The molecule has 1 aromatic heterocycles. The average molecular weight is 439 g/mol. The van der Waals surface area contributed by atoms with Crippen molar-refractivity contribution >= 4 is 33.0 Å². The summed E-state index contributed by atoms with van der Waals surface area (Å²) in [4.78, 5) is 16.7. The van der Waals surface area contributed by atoms with Crippen molar-refractivity contribution in [2.24, 2.45) is 0 Å². The van der Waals surface area contributed by atoms with Gasteiger partial charge in [0.2, 0.25) is 10.0 Å². The van der Waals surface area contributed by atoms with E-state index in [2.05, 4.69) is 4.98 Å². The number of nitrogens with zero attached hydrogens (tertiary/aromatic N) is 2. The molecular weight excluding hydrogens is 416 g/mol. The molecule has 0 amide bonds. The van der Waals surface area contributed by atoms with E-state index >= 15 is 0 Å². The summed E-state index contributed by atoms with van der Waals surface area (Å²) in [5.41, 5.74) is 2.21. The Morgan fingerprint density at radius 1 is 1.10 bits per heavy atom. The van der Waals surface area contributed by atoms with Gasteiger partial charge < -0.3 is 9.47 Å². The van der Waals surface area contributed by atoms with Crippen LogP contribution >= 0.6 is 0 Å². The van der Waals surface area contributed by atoms with Crippen molar-refractivity contribution in [3.8, 4) is 0 Å². The molecule has 1 aliphatic rings. The number of para-hydroxylation sites is 1. The highest BCUT2D eigenvalue weighted by atomic mass is 32.2. The third-order valence-electron chi connectivity index (χ3n) is 4.95. The van der Waals surface area contributed by atoms with Gasteiger partial charge in [-0.2, -0.15) is 4.31 Å². The highest BCUT2D eigenvalue weighted by Gasteiger charge is 2.26. The fourth-order valence-electron chi connectivity index (χ4n) is 3.35. The number of aromatic nitrogens is 1. The Morgan fingerprint density at radius 2 is 1.87 bits per heavy atom. The van der Waals surface area contributed by atoms with Gasteiger partial charge >= 0.3 is 5.97 Å². The number of carbonyl (C=O) groups is 1. The first kappa shape index (κ1) is 21.2. The molecule has 0 bridgehead atoms. The molecule has 160 valence electrons. The highest BCUT2D eigenvalue weighted by molar-refractivity contribution is 7.89. The molecule has 3 aromatic rings. The maximum absolute atomic E-state index is 12.8. The van der Waals surface area contributed by atoms with E-state index < -0.39 is 16.0 Å². The fourth-order valence-corrected chi connectivity index (χ4v) is 4.83. The Labute approximate surface area is 181 Å². The Morgan fingerprint density at radius 3 is 2.71 bits per heavy atom. The van der Waals surface area contributed by atoms with E-state index in [0.717, 1.165) is 16.5 Å². The maximum Gasteiger partial charge on any atom is 0.331 e. The van der Waals surface area contributed by atoms with Gasteiger partial charge in [-0.05, 0) is 29.8 Å². The van der Waals surface area contributed by atoms with E-state index in [9.17, 15) is 13.2 Å². The van der Waals surface area contributed by atoms with Gasteiger partial charge in [0.25, 0.3) is 0 Å². The molecule has 1 saturated heterocycles. The lowest BCUT2D eigenvalue weighted by molar-refractivity contribution is -0.138. The van der Waals surface area contributed by atoms with Crippen molar-refractivity contribution in [3.63, 3.8) is 0 Å². The van der Waals surface area contributed by atoms with Gasteiger partial charge in [0.15, 0.2) is 0 Å². The number of benzene rings is 2. The minimum atomic E-state index is -3.60. The van der Waals surface area contributed by atoms with Crippen LogP contribution in [0.25, 0.3) is 17.0 Å². The summed E-state index contributed by atoms with van der Waals surface area (Å²) in [7, 11) is -3.60. The molecule has 0 saturated carbocycles. The van der Waals surface area contributed by atoms with Crippen molar-refractivity contribution in [1.82, 2.24) is 9.29 Å². The van der Waals surface area contributed by atoms with Crippen LogP contribution in [0.2, 0.25) is 0 Å². The van der Waals surface area contributed by atoms with Crippen LogP contribution in [0, 0.1) is 0 Å². The zero-order chi connectivity index (χ0) is 21.7. The van der Waals surface area contributed by atoms with Crippen LogP contribution in [0.15, 0.2) is 71.8 Å². The average Bonchev–Trinajstić information content (AvgIpc) is 2.82. The largest absolute Gasteiger partial charge is 0.458 e. The standard InChI is InChI=1S/C23H22N2O5S/c26-22(10-9-20-6-2-5-19-7-3-11-24-23(19)20)30-17-18-4-1-8-21(16-18)31(27,28)25-12-14-29-15-13-25/h1-11,16H,12-15,17H2/b10-9+. The fraction of sp³-hybridized carbons (Fsp3) is 0.217. The number of esters is 1. The lowest BCUT2D eigenvalue weighted by atomic mass is 10.1. The number of hydrogen-bond donors (Lipinski definition) is 0. The molecule has 8 heteroatoms. The summed E-state index contributed by atoms with van der Waals surface area (Å²) in [6, 6.07) is 16.0. The van der Waals surface area contributed by atoms with Gasteiger partial charge in [0.05, 0.1) is 23.6 Å². The summed E-state index contributed by atoms with van der Waals surface area (Å²) in [5.74, 6) is -0.519. The molecule has 1 aliphatic heterocycles. The van der Waals surface area contributed by atoms with Crippen molar-refractivity contribution in [2.75, 3.05) is 26.3 Å². The molecule has 31 heavy (non-hydrogen) atoms. The number of hydrogen-bond acceptors (Lipinski definition) is 6. The van der Waals surface area contributed by atoms with Crippen LogP contribution in [0.3, 0.4) is 0 Å². The molecule has 2 aromatic carbocycles.